The van der Waals surface area contributed by atoms with E-state index in [1.54, 1.807) is 12.1 Å². The molecule has 0 saturated heterocycles. The van der Waals surface area contributed by atoms with Gasteiger partial charge in [0.15, 0.2) is 12.4 Å². The molecule has 3 aromatic rings. The van der Waals surface area contributed by atoms with E-state index >= 15 is 0 Å². The van der Waals surface area contributed by atoms with Gasteiger partial charge in [0, 0.05) is 28.3 Å². The lowest BCUT2D eigenvalue weighted by Crippen LogP contribution is -2.14. The van der Waals surface area contributed by atoms with Crippen LogP contribution in [0.3, 0.4) is 0 Å². The predicted octanol–water partition coefficient (Wildman–Crippen LogP) is 4.37. The van der Waals surface area contributed by atoms with Crippen LogP contribution in [0.2, 0.25) is 0 Å². The number of hydrogen-bond donors (Lipinski definition) is 0. The molecule has 7 heteroatoms. The fraction of sp³-hybridized carbons (Fsp3) is 0.158. The van der Waals surface area contributed by atoms with Crippen LogP contribution in [0.5, 0.6) is 0 Å². The van der Waals surface area contributed by atoms with E-state index < -0.39 is 30.0 Å². The monoisotopic (exact) mass is 376 g/mol. The van der Waals surface area contributed by atoms with Crippen LogP contribution >= 0.6 is 11.3 Å². The Labute approximate surface area is 152 Å². The van der Waals surface area contributed by atoms with E-state index in [1.807, 2.05) is 0 Å². The highest BCUT2D eigenvalue weighted by Crippen LogP contribution is 2.34. The van der Waals surface area contributed by atoms with Gasteiger partial charge in [0.25, 0.3) is 0 Å². The number of halogens is 2. The first-order valence-corrected chi connectivity index (χ1v) is 8.47. The second-order valence-electron chi connectivity index (χ2n) is 5.47. The molecule has 134 valence electrons. The highest BCUT2D eigenvalue weighted by atomic mass is 32.1. The molecule has 26 heavy (non-hydrogen) atoms. The summed E-state index contributed by atoms with van der Waals surface area (Å²) in [6, 6.07) is 9.66. The minimum Gasteiger partial charge on any atom is -0.453 e. The van der Waals surface area contributed by atoms with Gasteiger partial charge in [-0.25, -0.2) is 13.6 Å². The van der Waals surface area contributed by atoms with Crippen molar-refractivity contribution < 1.29 is 27.8 Å². The summed E-state index contributed by atoms with van der Waals surface area (Å²) < 4.78 is 38.0. The van der Waals surface area contributed by atoms with Crippen molar-refractivity contribution in [2.75, 3.05) is 13.7 Å². The molecule has 0 bridgehead atoms. The summed E-state index contributed by atoms with van der Waals surface area (Å²) in [5, 5.41) is 0.308. The van der Waals surface area contributed by atoms with Gasteiger partial charge in [-0.1, -0.05) is 18.2 Å². The summed E-state index contributed by atoms with van der Waals surface area (Å²) in [5.41, 5.74) is 0.492. The van der Waals surface area contributed by atoms with Crippen molar-refractivity contribution >= 4 is 33.2 Å². The number of esters is 1. The van der Waals surface area contributed by atoms with Gasteiger partial charge in [-0.3, -0.25) is 4.79 Å². The van der Waals surface area contributed by atoms with Gasteiger partial charge < -0.3 is 9.47 Å². The summed E-state index contributed by atoms with van der Waals surface area (Å²) in [7, 11) is 1.44. The summed E-state index contributed by atoms with van der Waals surface area (Å²) >= 11 is 1.07. The van der Waals surface area contributed by atoms with Crippen molar-refractivity contribution in [3.63, 3.8) is 0 Å². The Bertz CT molecular complexity index is 981. The number of carbonyl (C=O) groups is 2. The van der Waals surface area contributed by atoms with Crippen molar-refractivity contribution in [1.82, 2.24) is 0 Å². The van der Waals surface area contributed by atoms with E-state index in [0.29, 0.717) is 15.6 Å². The van der Waals surface area contributed by atoms with Gasteiger partial charge in [0.2, 0.25) is 0 Å². The van der Waals surface area contributed by atoms with Gasteiger partial charge in [-0.15, -0.1) is 11.3 Å². The molecular formula is C19H14F2O4S. The molecule has 1 aromatic heterocycles. The van der Waals surface area contributed by atoms with Crippen LogP contribution in [0.4, 0.5) is 8.78 Å². The minimum atomic E-state index is -0.748. The number of ketones is 1. The number of Topliss-reactive ketones (excluding diaryl/α,β-unsaturated/α-hetero) is 1. The van der Waals surface area contributed by atoms with Crippen molar-refractivity contribution in [1.29, 1.82) is 0 Å². The molecule has 0 saturated carbocycles. The zero-order valence-corrected chi connectivity index (χ0v) is 14.6. The Balaban J connectivity index is 1.82. The van der Waals surface area contributed by atoms with Gasteiger partial charge in [-0.05, 0) is 24.3 Å². The summed E-state index contributed by atoms with van der Waals surface area (Å²) in [6.07, 6.45) is 0. The number of fused-ring (bicyclic) bond motifs is 1. The van der Waals surface area contributed by atoms with Crippen LogP contribution in [-0.2, 0) is 16.1 Å². The van der Waals surface area contributed by atoms with Crippen LogP contribution in [0.15, 0.2) is 42.5 Å². The maximum Gasteiger partial charge on any atom is 0.349 e. The zero-order valence-electron chi connectivity index (χ0n) is 13.8. The lowest BCUT2D eigenvalue weighted by atomic mass is 10.1. The van der Waals surface area contributed by atoms with E-state index in [0.717, 1.165) is 17.4 Å². The fourth-order valence-electron chi connectivity index (χ4n) is 2.56. The first-order chi connectivity index (χ1) is 12.5. The smallest absolute Gasteiger partial charge is 0.349 e. The summed E-state index contributed by atoms with van der Waals surface area (Å²) in [4.78, 5) is 24.6. The molecule has 0 amide bonds. The highest BCUT2D eigenvalue weighted by molar-refractivity contribution is 7.21. The molecule has 0 fully saturated rings. The normalized spacial score (nSPS) is 10.9. The number of benzene rings is 2. The van der Waals surface area contributed by atoms with Crippen molar-refractivity contribution in [3.05, 3.63) is 70.1 Å². The summed E-state index contributed by atoms with van der Waals surface area (Å²) in [5.74, 6) is -2.29. The molecule has 4 nitrogen and oxygen atoms in total. The molecular weight excluding hydrogens is 362 g/mol. The van der Waals surface area contributed by atoms with Crippen LogP contribution in [0.25, 0.3) is 10.1 Å². The average molecular weight is 376 g/mol. The van der Waals surface area contributed by atoms with Crippen LogP contribution in [0, 0.1) is 11.6 Å². The third-order valence-electron chi connectivity index (χ3n) is 3.72. The summed E-state index contributed by atoms with van der Waals surface area (Å²) in [6.45, 7) is -0.505. The molecule has 0 N–H and O–H groups in total. The van der Waals surface area contributed by atoms with Crippen LogP contribution in [0.1, 0.15) is 25.6 Å². The Kier molecular flexibility index (Phi) is 5.39. The maximum atomic E-state index is 14.1. The Morgan fingerprint density at radius 3 is 2.62 bits per heavy atom. The largest absolute Gasteiger partial charge is 0.453 e. The fourth-order valence-corrected chi connectivity index (χ4v) is 3.67. The Morgan fingerprint density at radius 1 is 1.12 bits per heavy atom. The minimum absolute atomic E-state index is 0.0310. The Hall–Kier alpha value is -2.64. The lowest BCUT2D eigenvalue weighted by Gasteiger charge is -2.06. The molecule has 0 radical (unpaired) electrons. The first kappa shape index (κ1) is 18.2. The molecule has 0 atom stereocenters. The van der Waals surface area contributed by atoms with E-state index in [4.69, 9.17) is 9.47 Å². The molecule has 1 heterocycles. The third-order valence-corrected chi connectivity index (χ3v) is 4.90. The van der Waals surface area contributed by atoms with Crippen LogP contribution in [-0.4, -0.2) is 25.5 Å². The standard InChI is InChI=1S/C19H14F2O4S/c1-24-9-13-17-14(21)6-3-7-16(17)26-18(13)19(23)25-10-15(22)11-4-2-5-12(20)8-11/h2-8H,9-10H2,1H3. The van der Waals surface area contributed by atoms with E-state index in [1.165, 1.54) is 31.4 Å². The zero-order chi connectivity index (χ0) is 18.7. The number of methoxy groups -OCH3 is 1. The maximum absolute atomic E-state index is 14.1. The molecule has 0 aliphatic carbocycles. The van der Waals surface area contributed by atoms with E-state index in [9.17, 15) is 18.4 Å². The van der Waals surface area contributed by atoms with Crippen LogP contribution < -0.4 is 0 Å². The second kappa shape index (κ2) is 7.72. The first-order valence-electron chi connectivity index (χ1n) is 7.66. The average Bonchev–Trinajstić information content (AvgIpc) is 3.00. The number of hydrogen-bond acceptors (Lipinski definition) is 5. The van der Waals surface area contributed by atoms with Gasteiger partial charge in [0.1, 0.15) is 16.5 Å². The number of carbonyl (C=O) groups excluding carboxylic acids is 2. The third kappa shape index (κ3) is 3.63. The van der Waals surface area contributed by atoms with Crippen molar-refractivity contribution in [2.45, 2.75) is 6.61 Å². The molecule has 2 aromatic carbocycles. The van der Waals surface area contributed by atoms with E-state index in [-0.39, 0.29) is 17.0 Å². The Morgan fingerprint density at radius 2 is 1.88 bits per heavy atom. The quantitative estimate of drug-likeness (QED) is 0.474. The second-order valence-corrected chi connectivity index (χ2v) is 6.52. The van der Waals surface area contributed by atoms with Gasteiger partial charge in [-0.2, -0.15) is 0 Å². The molecule has 0 spiro atoms. The van der Waals surface area contributed by atoms with E-state index in [2.05, 4.69) is 0 Å². The number of thiophene rings is 1. The predicted molar refractivity (Wildman–Crippen MR) is 93.5 cm³/mol. The van der Waals surface area contributed by atoms with Crippen molar-refractivity contribution in [2.24, 2.45) is 0 Å². The van der Waals surface area contributed by atoms with Gasteiger partial charge >= 0.3 is 5.97 Å². The van der Waals surface area contributed by atoms with Gasteiger partial charge in [0.05, 0.1) is 6.61 Å². The topological polar surface area (TPSA) is 52.6 Å². The molecule has 0 unspecified atom stereocenters. The van der Waals surface area contributed by atoms with Crippen molar-refractivity contribution in [3.8, 4) is 0 Å². The highest BCUT2D eigenvalue weighted by Gasteiger charge is 2.22. The SMILES string of the molecule is COCc1c(C(=O)OCC(=O)c2cccc(F)c2)sc2cccc(F)c12. The molecule has 0 aliphatic heterocycles. The lowest BCUT2D eigenvalue weighted by molar-refractivity contribution is 0.0476. The number of ether oxygens (including phenoxy) is 2. The molecule has 0 aliphatic rings. The number of rotatable bonds is 6. The molecule has 3 rings (SSSR count).